The van der Waals surface area contributed by atoms with Gasteiger partial charge in [0, 0.05) is 35.7 Å². The molecule has 1 aliphatic heterocycles. The smallest absolute Gasteiger partial charge is 0.356 e. The third-order valence-corrected chi connectivity index (χ3v) is 5.46. The van der Waals surface area contributed by atoms with E-state index in [0.29, 0.717) is 11.7 Å². The van der Waals surface area contributed by atoms with E-state index in [1.165, 1.54) is 7.11 Å². The number of piperidine rings is 1. The number of methoxy groups -OCH3 is 1. The number of amides is 1. The van der Waals surface area contributed by atoms with E-state index in [1.807, 2.05) is 42.5 Å². The van der Waals surface area contributed by atoms with Crippen LogP contribution in [0.25, 0.3) is 10.9 Å². The van der Waals surface area contributed by atoms with Crippen molar-refractivity contribution >= 4 is 34.2 Å². The number of aromatic amines is 1. The molecule has 4 rings (SSSR count). The Morgan fingerprint density at radius 3 is 2.50 bits per heavy atom. The van der Waals surface area contributed by atoms with E-state index in [1.54, 1.807) is 0 Å². The Balaban J connectivity index is 1.36. The number of hydrogen-bond donors (Lipinski definition) is 3. The molecule has 3 aromatic rings. The van der Waals surface area contributed by atoms with Crippen LogP contribution in [0.4, 0.5) is 11.4 Å². The molecule has 0 bridgehead atoms. The van der Waals surface area contributed by atoms with Gasteiger partial charge in [0.1, 0.15) is 5.69 Å². The minimum atomic E-state index is -0.505. The number of ether oxygens (including phenoxy) is 1. The molecule has 2 heterocycles. The largest absolute Gasteiger partial charge is 0.464 e. The number of para-hydroxylation sites is 2. The van der Waals surface area contributed by atoms with Gasteiger partial charge in [-0.15, -0.1) is 0 Å². The summed E-state index contributed by atoms with van der Waals surface area (Å²) in [5.41, 5.74) is 2.64. The molecule has 1 fully saturated rings. The van der Waals surface area contributed by atoms with E-state index in [4.69, 9.17) is 4.74 Å². The number of carbonyl (C=O) groups is 2. The number of rotatable bonds is 6. The molecule has 0 radical (unpaired) electrons. The molecular formula is C23H26N4O3. The SMILES string of the molecule is COC(=O)c1[nH]c2ccccc2c1NC(=O)CN1CCC(Nc2ccccc2)CC1. The van der Waals surface area contributed by atoms with Crippen molar-refractivity contribution in [3.63, 3.8) is 0 Å². The van der Waals surface area contributed by atoms with Gasteiger partial charge in [0.25, 0.3) is 0 Å². The van der Waals surface area contributed by atoms with Crippen LogP contribution in [-0.4, -0.2) is 54.5 Å². The molecule has 1 saturated heterocycles. The average molecular weight is 406 g/mol. The van der Waals surface area contributed by atoms with Crippen LogP contribution < -0.4 is 10.6 Å². The summed E-state index contributed by atoms with van der Waals surface area (Å²) in [5.74, 6) is -0.645. The van der Waals surface area contributed by atoms with Crippen LogP contribution in [0.3, 0.4) is 0 Å². The summed E-state index contributed by atoms with van der Waals surface area (Å²) in [6.07, 6.45) is 1.95. The molecule has 0 aliphatic carbocycles. The first-order valence-electron chi connectivity index (χ1n) is 10.2. The van der Waals surface area contributed by atoms with Gasteiger partial charge in [0.2, 0.25) is 5.91 Å². The van der Waals surface area contributed by atoms with Crippen LogP contribution in [0.1, 0.15) is 23.3 Å². The molecule has 7 heteroatoms. The highest BCUT2D eigenvalue weighted by Crippen LogP contribution is 2.28. The van der Waals surface area contributed by atoms with E-state index < -0.39 is 5.97 Å². The predicted molar refractivity (Wildman–Crippen MR) is 118 cm³/mol. The van der Waals surface area contributed by atoms with Gasteiger partial charge in [-0.05, 0) is 31.0 Å². The van der Waals surface area contributed by atoms with Gasteiger partial charge < -0.3 is 20.4 Å². The zero-order valence-electron chi connectivity index (χ0n) is 17.0. The first kappa shape index (κ1) is 20.0. The number of anilines is 2. The van der Waals surface area contributed by atoms with Gasteiger partial charge in [-0.3, -0.25) is 9.69 Å². The predicted octanol–water partition coefficient (Wildman–Crippen LogP) is 3.47. The first-order chi connectivity index (χ1) is 14.6. The number of carbonyl (C=O) groups excluding carboxylic acids is 2. The zero-order chi connectivity index (χ0) is 20.9. The summed E-state index contributed by atoms with van der Waals surface area (Å²) >= 11 is 0. The first-order valence-corrected chi connectivity index (χ1v) is 10.2. The third kappa shape index (κ3) is 4.46. The van der Waals surface area contributed by atoms with Gasteiger partial charge in [0.05, 0.1) is 19.3 Å². The normalized spacial score (nSPS) is 15.1. The van der Waals surface area contributed by atoms with Crippen LogP contribution in [0.15, 0.2) is 54.6 Å². The van der Waals surface area contributed by atoms with Gasteiger partial charge in [0.15, 0.2) is 0 Å². The van der Waals surface area contributed by atoms with Crippen molar-refractivity contribution in [3.05, 3.63) is 60.3 Å². The summed E-state index contributed by atoms with van der Waals surface area (Å²) < 4.78 is 4.86. The number of likely N-dealkylation sites (tertiary alicyclic amines) is 1. The molecule has 30 heavy (non-hydrogen) atoms. The number of aromatic nitrogens is 1. The Labute approximate surface area is 175 Å². The number of H-pyrrole nitrogens is 1. The fourth-order valence-electron chi connectivity index (χ4n) is 3.91. The van der Waals surface area contributed by atoms with Crippen molar-refractivity contribution in [1.82, 2.24) is 9.88 Å². The van der Waals surface area contributed by atoms with Crippen molar-refractivity contribution in [2.75, 3.05) is 37.4 Å². The molecule has 0 saturated carbocycles. The molecular weight excluding hydrogens is 380 g/mol. The molecule has 2 aromatic carbocycles. The Kier molecular flexibility index (Phi) is 5.99. The lowest BCUT2D eigenvalue weighted by atomic mass is 10.0. The third-order valence-electron chi connectivity index (χ3n) is 5.46. The number of fused-ring (bicyclic) bond motifs is 1. The van der Waals surface area contributed by atoms with Gasteiger partial charge in [-0.1, -0.05) is 36.4 Å². The lowest BCUT2D eigenvalue weighted by molar-refractivity contribution is -0.117. The molecule has 7 nitrogen and oxygen atoms in total. The molecule has 1 amide bonds. The van der Waals surface area contributed by atoms with E-state index in [-0.39, 0.29) is 18.1 Å². The number of benzene rings is 2. The summed E-state index contributed by atoms with van der Waals surface area (Å²) in [6, 6.07) is 18.1. The van der Waals surface area contributed by atoms with E-state index in [0.717, 1.165) is 42.5 Å². The van der Waals surface area contributed by atoms with Crippen molar-refractivity contribution < 1.29 is 14.3 Å². The number of nitrogens with one attached hydrogen (secondary N) is 3. The number of nitrogens with zero attached hydrogens (tertiary/aromatic N) is 1. The maximum absolute atomic E-state index is 12.7. The van der Waals surface area contributed by atoms with Crippen molar-refractivity contribution in [2.45, 2.75) is 18.9 Å². The summed E-state index contributed by atoms with van der Waals surface area (Å²) in [5, 5.41) is 7.26. The molecule has 0 spiro atoms. The van der Waals surface area contributed by atoms with E-state index >= 15 is 0 Å². The molecule has 156 valence electrons. The second-order valence-corrected chi connectivity index (χ2v) is 7.52. The summed E-state index contributed by atoms with van der Waals surface area (Å²) in [4.78, 5) is 30.0. The molecule has 1 aromatic heterocycles. The second-order valence-electron chi connectivity index (χ2n) is 7.52. The van der Waals surface area contributed by atoms with Crippen LogP contribution in [0.2, 0.25) is 0 Å². The molecule has 0 atom stereocenters. The summed E-state index contributed by atoms with van der Waals surface area (Å²) in [6.45, 7) is 1.98. The Hall–Kier alpha value is -3.32. The van der Waals surface area contributed by atoms with Crippen LogP contribution in [-0.2, 0) is 9.53 Å². The minimum absolute atomic E-state index is 0.139. The number of esters is 1. The topological polar surface area (TPSA) is 86.5 Å². The standard InChI is InChI=1S/C23H26N4O3/c1-30-23(29)22-21(18-9-5-6-10-19(18)25-22)26-20(28)15-27-13-11-17(12-14-27)24-16-7-3-2-4-8-16/h2-10,17,24-25H,11-15H2,1H3,(H,26,28). The maximum atomic E-state index is 12.7. The van der Waals surface area contributed by atoms with Crippen molar-refractivity contribution in [2.24, 2.45) is 0 Å². The maximum Gasteiger partial charge on any atom is 0.356 e. The Morgan fingerprint density at radius 1 is 1.07 bits per heavy atom. The van der Waals surface area contributed by atoms with Gasteiger partial charge in [-0.2, -0.15) is 0 Å². The highest BCUT2D eigenvalue weighted by Gasteiger charge is 2.23. The lowest BCUT2D eigenvalue weighted by Crippen LogP contribution is -2.42. The summed E-state index contributed by atoms with van der Waals surface area (Å²) in [7, 11) is 1.33. The fraction of sp³-hybridized carbons (Fsp3) is 0.304. The van der Waals surface area contributed by atoms with E-state index in [9.17, 15) is 9.59 Å². The van der Waals surface area contributed by atoms with Crippen LogP contribution >= 0.6 is 0 Å². The Morgan fingerprint density at radius 2 is 1.77 bits per heavy atom. The van der Waals surface area contributed by atoms with Crippen molar-refractivity contribution in [1.29, 1.82) is 0 Å². The van der Waals surface area contributed by atoms with E-state index in [2.05, 4.69) is 32.7 Å². The number of hydrogen-bond acceptors (Lipinski definition) is 5. The van der Waals surface area contributed by atoms with Crippen molar-refractivity contribution in [3.8, 4) is 0 Å². The van der Waals surface area contributed by atoms with Crippen LogP contribution in [0.5, 0.6) is 0 Å². The monoisotopic (exact) mass is 406 g/mol. The average Bonchev–Trinajstić information content (AvgIpc) is 3.13. The highest BCUT2D eigenvalue weighted by atomic mass is 16.5. The lowest BCUT2D eigenvalue weighted by Gasteiger charge is -2.32. The quantitative estimate of drug-likeness (QED) is 0.546. The van der Waals surface area contributed by atoms with Gasteiger partial charge >= 0.3 is 5.97 Å². The Bertz CT molecular complexity index is 1020. The van der Waals surface area contributed by atoms with Gasteiger partial charge in [-0.25, -0.2) is 4.79 Å². The van der Waals surface area contributed by atoms with Crippen LogP contribution in [0, 0.1) is 0 Å². The highest BCUT2D eigenvalue weighted by molar-refractivity contribution is 6.11. The second kappa shape index (κ2) is 9.00. The fourth-order valence-corrected chi connectivity index (χ4v) is 3.91. The molecule has 3 N–H and O–H groups in total. The zero-order valence-corrected chi connectivity index (χ0v) is 17.0. The molecule has 0 unspecified atom stereocenters. The molecule has 1 aliphatic rings. The minimum Gasteiger partial charge on any atom is -0.464 e.